The zero-order valence-corrected chi connectivity index (χ0v) is 12.5. The molecule has 20 heavy (non-hydrogen) atoms. The molecule has 0 spiro atoms. The van der Waals surface area contributed by atoms with Gasteiger partial charge in [0.15, 0.2) is 0 Å². The number of H-pyrrole nitrogens is 1. The molecule has 0 saturated carbocycles. The molecule has 0 aliphatic carbocycles. The predicted octanol–water partition coefficient (Wildman–Crippen LogP) is 2.76. The molecule has 1 aromatic heterocycles. The first-order valence-electron chi connectivity index (χ1n) is 6.97. The van der Waals surface area contributed by atoms with Crippen molar-refractivity contribution in [3.63, 3.8) is 0 Å². The molecule has 1 aliphatic rings. The first-order valence-corrected chi connectivity index (χ1v) is 6.97. The Labute approximate surface area is 118 Å². The molecular formula is C15H22N2O3. The maximum atomic E-state index is 12.3. The van der Waals surface area contributed by atoms with Crippen LogP contribution in [-0.4, -0.2) is 28.1 Å². The molecular weight excluding hydrogens is 256 g/mol. The molecule has 5 heteroatoms. The van der Waals surface area contributed by atoms with Crippen LogP contribution in [0.1, 0.15) is 50.9 Å². The summed E-state index contributed by atoms with van der Waals surface area (Å²) >= 11 is 0. The zero-order chi connectivity index (χ0) is 14.9. The first kappa shape index (κ1) is 14.6. The molecule has 1 unspecified atom stereocenters. The van der Waals surface area contributed by atoms with Crippen LogP contribution in [0, 0.1) is 6.92 Å². The van der Waals surface area contributed by atoms with Gasteiger partial charge in [-0.15, -0.1) is 0 Å². The maximum absolute atomic E-state index is 12.3. The van der Waals surface area contributed by atoms with Crippen LogP contribution in [0.5, 0.6) is 0 Å². The van der Waals surface area contributed by atoms with Gasteiger partial charge < -0.3 is 14.6 Å². The van der Waals surface area contributed by atoms with Gasteiger partial charge in [0.1, 0.15) is 5.60 Å². The van der Waals surface area contributed by atoms with E-state index in [1.807, 2.05) is 33.8 Å². The molecule has 1 amide bonds. The van der Waals surface area contributed by atoms with Gasteiger partial charge in [0.05, 0.1) is 6.04 Å². The molecule has 0 bridgehead atoms. The normalized spacial score (nSPS) is 19.2. The van der Waals surface area contributed by atoms with Crippen LogP contribution in [0.3, 0.4) is 0 Å². The predicted molar refractivity (Wildman–Crippen MR) is 76.7 cm³/mol. The van der Waals surface area contributed by atoms with Crippen molar-refractivity contribution in [2.45, 2.75) is 52.2 Å². The highest BCUT2D eigenvalue weighted by Crippen LogP contribution is 2.33. The molecule has 1 N–H and O–H groups in total. The number of pyridine rings is 1. The molecule has 1 fully saturated rings. The number of rotatable bonds is 1. The fourth-order valence-corrected chi connectivity index (χ4v) is 2.58. The third-order valence-corrected chi connectivity index (χ3v) is 3.40. The molecule has 2 heterocycles. The van der Waals surface area contributed by atoms with Crippen molar-refractivity contribution < 1.29 is 9.53 Å². The van der Waals surface area contributed by atoms with E-state index in [0.717, 1.165) is 24.1 Å². The average Bonchev–Trinajstić information content (AvgIpc) is 2.75. The molecule has 0 aromatic carbocycles. The van der Waals surface area contributed by atoms with Crippen molar-refractivity contribution in [1.29, 1.82) is 0 Å². The Kier molecular flexibility index (Phi) is 3.88. The fraction of sp³-hybridized carbons (Fsp3) is 0.600. The minimum Gasteiger partial charge on any atom is -0.444 e. The summed E-state index contributed by atoms with van der Waals surface area (Å²) in [5.74, 6) is 0. The maximum Gasteiger partial charge on any atom is 0.410 e. The fourth-order valence-electron chi connectivity index (χ4n) is 2.58. The molecule has 2 rings (SSSR count). The SMILES string of the molecule is Cc1[nH]c(=O)ccc1C1CCCN1C(=O)OC(C)(C)C. The van der Waals surface area contributed by atoms with E-state index in [9.17, 15) is 9.59 Å². The molecule has 5 nitrogen and oxygen atoms in total. The highest BCUT2D eigenvalue weighted by Gasteiger charge is 2.33. The summed E-state index contributed by atoms with van der Waals surface area (Å²) in [5, 5.41) is 0. The highest BCUT2D eigenvalue weighted by molar-refractivity contribution is 5.69. The summed E-state index contributed by atoms with van der Waals surface area (Å²) in [6.45, 7) is 8.14. The van der Waals surface area contributed by atoms with E-state index >= 15 is 0 Å². The topological polar surface area (TPSA) is 62.4 Å². The summed E-state index contributed by atoms with van der Waals surface area (Å²) in [4.78, 5) is 28.1. The van der Waals surface area contributed by atoms with E-state index in [4.69, 9.17) is 4.74 Å². The van der Waals surface area contributed by atoms with Gasteiger partial charge in [0, 0.05) is 18.3 Å². The Balaban J connectivity index is 2.23. The summed E-state index contributed by atoms with van der Waals surface area (Å²) in [5.41, 5.74) is 1.20. The number of carbonyl (C=O) groups excluding carboxylic acids is 1. The van der Waals surface area contributed by atoms with E-state index < -0.39 is 5.60 Å². The number of hydrogen-bond donors (Lipinski definition) is 1. The summed E-state index contributed by atoms with van der Waals surface area (Å²) in [7, 11) is 0. The Morgan fingerprint density at radius 2 is 2.10 bits per heavy atom. The van der Waals surface area contributed by atoms with E-state index in [0.29, 0.717) is 6.54 Å². The highest BCUT2D eigenvalue weighted by atomic mass is 16.6. The van der Waals surface area contributed by atoms with Crippen molar-refractivity contribution in [2.75, 3.05) is 6.54 Å². The van der Waals surface area contributed by atoms with Gasteiger partial charge in [-0.1, -0.05) is 0 Å². The quantitative estimate of drug-likeness (QED) is 0.859. The second kappa shape index (κ2) is 5.31. The molecule has 0 radical (unpaired) electrons. The number of amides is 1. The van der Waals surface area contributed by atoms with Gasteiger partial charge in [-0.2, -0.15) is 0 Å². The minimum absolute atomic E-state index is 0.0123. The van der Waals surface area contributed by atoms with Crippen LogP contribution >= 0.6 is 0 Å². The lowest BCUT2D eigenvalue weighted by Gasteiger charge is -2.29. The molecule has 1 aromatic rings. The number of aromatic amines is 1. The van der Waals surface area contributed by atoms with Crippen LogP contribution in [0.15, 0.2) is 16.9 Å². The largest absolute Gasteiger partial charge is 0.444 e. The lowest BCUT2D eigenvalue weighted by molar-refractivity contribution is 0.0224. The van der Waals surface area contributed by atoms with Gasteiger partial charge in [-0.25, -0.2) is 4.79 Å². The van der Waals surface area contributed by atoms with E-state index in [1.165, 1.54) is 6.07 Å². The molecule has 1 atom stereocenters. The molecule has 110 valence electrons. The summed E-state index contributed by atoms with van der Waals surface area (Å²) < 4.78 is 5.45. The van der Waals surface area contributed by atoms with Crippen LogP contribution in [-0.2, 0) is 4.74 Å². The minimum atomic E-state index is -0.496. The second-order valence-corrected chi connectivity index (χ2v) is 6.23. The number of nitrogens with one attached hydrogen (secondary N) is 1. The number of aromatic nitrogens is 1. The Hall–Kier alpha value is -1.78. The number of ether oxygens (including phenoxy) is 1. The standard InChI is InChI=1S/C15H22N2O3/c1-10-11(7-8-13(18)16-10)12-6-5-9-17(12)14(19)20-15(2,3)4/h7-8,12H,5-6,9H2,1-4H3,(H,16,18). The number of hydrogen-bond acceptors (Lipinski definition) is 3. The van der Waals surface area contributed by atoms with Crippen molar-refractivity contribution >= 4 is 6.09 Å². The smallest absolute Gasteiger partial charge is 0.410 e. The van der Waals surface area contributed by atoms with Crippen LogP contribution < -0.4 is 5.56 Å². The van der Waals surface area contributed by atoms with Gasteiger partial charge in [-0.3, -0.25) is 4.79 Å². The van der Waals surface area contributed by atoms with E-state index in [1.54, 1.807) is 4.90 Å². The van der Waals surface area contributed by atoms with Crippen LogP contribution in [0.25, 0.3) is 0 Å². The number of aryl methyl sites for hydroxylation is 1. The van der Waals surface area contributed by atoms with Gasteiger partial charge in [0.2, 0.25) is 5.56 Å². The van der Waals surface area contributed by atoms with Crippen molar-refractivity contribution in [3.05, 3.63) is 33.7 Å². The Morgan fingerprint density at radius 3 is 2.70 bits per heavy atom. The second-order valence-electron chi connectivity index (χ2n) is 6.23. The lowest BCUT2D eigenvalue weighted by atomic mass is 10.0. The van der Waals surface area contributed by atoms with Crippen molar-refractivity contribution in [1.82, 2.24) is 9.88 Å². The summed E-state index contributed by atoms with van der Waals surface area (Å²) in [6.07, 6.45) is 1.56. The van der Waals surface area contributed by atoms with Crippen LogP contribution in [0.2, 0.25) is 0 Å². The zero-order valence-electron chi connectivity index (χ0n) is 12.5. The summed E-state index contributed by atoms with van der Waals surface area (Å²) in [6, 6.07) is 3.30. The average molecular weight is 278 g/mol. The lowest BCUT2D eigenvalue weighted by Crippen LogP contribution is -2.36. The number of likely N-dealkylation sites (tertiary alicyclic amines) is 1. The van der Waals surface area contributed by atoms with E-state index in [2.05, 4.69) is 4.98 Å². The first-order chi connectivity index (χ1) is 9.28. The van der Waals surface area contributed by atoms with Crippen molar-refractivity contribution in [3.8, 4) is 0 Å². The van der Waals surface area contributed by atoms with Crippen molar-refractivity contribution in [2.24, 2.45) is 0 Å². The third-order valence-electron chi connectivity index (χ3n) is 3.40. The number of carbonyl (C=O) groups is 1. The number of nitrogens with zero attached hydrogens (tertiary/aromatic N) is 1. The Bertz CT molecular complexity index is 557. The molecule has 1 saturated heterocycles. The van der Waals surface area contributed by atoms with E-state index in [-0.39, 0.29) is 17.7 Å². The molecule has 1 aliphatic heterocycles. The van der Waals surface area contributed by atoms with Gasteiger partial charge in [-0.05, 0) is 52.2 Å². The monoisotopic (exact) mass is 278 g/mol. The Morgan fingerprint density at radius 1 is 1.40 bits per heavy atom. The van der Waals surface area contributed by atoms with Crippen LogP contribution in [0.4, 0.5) is 4.79 Å². The van der Waals surface area contributed by atoms with Gasteiger partial charge >= 0.3 is 6.09 Å². The van der Waals surface area contributed by atoms with Gasteiger partial charge in [0.25, 0.3) is 0 Å². The third kappa shape index (κ3) is 3.21.